The number of hydrogen-bond acceptors (Lipinski definition) is 5. The fraction of sp³-hybridized carbons (Fsp3) is 0.360. The maximum Gasteiger partial charge on any atom is 0.229 e. The average molecular weight is 476 g/mol. The molecule has 2 aromatic carbocycles. The van der Waals surface area contributed by atoms with Crippen LogP contribution in [0.25, 0.3) is 22.3 Å². The molecule has 9 heteroatoms. The molecular weight excluding hydrogens is 447 g/mol. The van der Waals surface area contributed by atoms with E-state index in [1.54, 1.807) is 20.8 Å². The van der Waals surface area contributed by atoms with Gasteiger partial charge in [0.1, 0.15) is 17.4 Å². The molecule has 1 aromatic heterocycles. The van der Waals surface area contributed by atoms with Gasteiger partial charge in [-0.05, 0) is 45.3 Å². The summed E-state index contributed by atoms with van der Waals surface area (Å²) in [6, 6.07) is 5.55. The number of hydrogen-bond donors (Lipinski definition) is 2. The van der Waals surface area contributed by atoms with E-state index in [1.807, 2.05) is 19.0 Å². The van der Waals surface area contributed by atoms with Crippen LogP contribution in [0.2, 0.25) is 0 Å². The summed E-state index contributed by atoms with van der Waals surface area (Å²) in [5, 5.41) is 5.11. The smallest absolute Gasteiger partial charge is 0.229 e. The van der Waals surface area contributed by atoms with E-state index in [4.69, 9.17) is 4.42 Å². The van der Waals surface area contributed by atoms with Crippen LogP contribution in [-0.2, 0) is 4.79 Å². The molecule has 0 bridgehead atoms. The first-order valence-electron chi connectivity index (χ1n) is 10.8. The van der Waals surface area contributed by atoms with Crippen molar-refractivity contribution >= 4 is 28.3 Å². The second kappa shape index (κ2) is 9.89. The molecule has 0 unspecified atom stereocenters. The molecule has 0 aliphatic rings. The lowest BCUT2D eigenvalue weighted by Gasteiger charge is -2.18. The summed E-state index contributed by atoms with van der Waals surface area (Å²) in [6.07, 6.45) is 0.673. The van der Waals surface area contributed by atoms with Crippen LogP contribution < -0.4 is 16.1 Å². The van der Waals surface area contributed by atoms with Gasteiger partial charge in [-0.2, -0.15) is 0 Å². The van der Waals surface area contributed by atoms with Gasteiger partial charge in [-0.1, -0.05) is 20.8 Å². The van der Waals surface area contributed by atoms with Crippen LogP contribution >= 0.6 is 0 Å². The van der Waals surface area contributed by atoms with E-state index in [9.17, 15) is 22.8 Å². The van der Waals surface area contributed by atoms with E-state index < -0.39 is 33.9 Å². The van der Waals surface area contributed by atoms with E-state index in [0.29, 0.717) is 19.0 Å². The van der Waals surface area contributed by atoms with E-state index in [1.165, 1.54) is 12.1 Å². The topological polar surface area (TPSA) is 74.6 Å². The quantitative estimate of drug-likeness (QED) is 0.458. The third-order valence-corrected chi connectivity index (χ3v) is 5.17. The molecule has 0 radical (unpaired) electrons. The monoisotopic (exact) mass is 475 g/mol. The van der Waals surface area contributed by atoms with Crippen molar-refractivity contribution in [3.63, 3.8) is 0 Å². The maximum absolute atomic E-state index is 14.7. The van der Waals surface area contributed by atoms with Crippen LogP contribution in [0.3, 0.4) is 0 Å². The summed E-state index contributed by atoms with van der Waals surface area (Å²) < 4.78 is 49.3. The van der Waals surface area contributed by atoms with E-state index >= 15 is 0 Å². The van der Waals surface area contributed by atoms with Crippen LogP contribution in [0, 0.1) is 22.9 Å². The summed E-state index contributed by atoms with van der Waals surface area (Å²) in [4.78, 5) is 27.0. The summed E-state index contributed by atoms with van der Waals surface area (Å²) >= 11 is 0. The molecule has 182 valence electrons. The number of halogens is 3. The van der Waals surface area contributed by atoms with Gasteiger partial charge in [-0.25, -0.2) is 13.2 Å². The molecule has 1 heterocycles. The van der Waals surface area contributed by atoms with Crippen LogP contribution in [-0.4, -0.2) is 38.0 Å². The lowest BCUT2D eigenvalue weighted by Crippen LogP contribution is -2.28. The fourth-order valence-electron chi connectivity index (χ4n) is 3.27. The van der Waals surface area contributed by atoms with Crippen molar-refractivity contribution < 1.29 is 22.4 Å². The molecular formula is C25H28F3N3O3. The summed E-state index contributed by atoms with van der Waals surface area (Å²) in [5.41, 5.74) is -1.83. The minimum atomic E-state index is -1.04. The summed E-state index contributed by atoms with van der Waals surface area (Å²) in [7, 11) is 3.80. The predicted octanol–water partition coefficient (Wildman–Crippen LogP) is 5.23. The van der Waals surface area contributed by atoms with Crippen LogP contribution in [0.15, 0.2) is 39.5 Å². The second-order valence-corrected chi connectivity index (χ2v) is 9.38. The number of carbonyl (C=O) groups excluding carboxylic acids is 1. The largest absolute Gasteiger partial charge is 0.453 e. The minimum Gasteiger partial charge on any atom is -0.453 e. The Bertz CT molecular complexity index is 1280. The molecule has 0 aliphatic carbocycles. The van der Waals surface area contributed by atoms with Crippen LogP contribution in [0.1, 0.15) is 27.2 Å². The van der Waals surface area contributed by atoms with Crippen molar-refractivity contribution in [1.29, 1.82) is 0 Å². The Balaban J connectivity index is 1.98. The van der Waals surface area contributed by atoms with E-state index in [2.05, 4.69) is 10.6 Å². The molecule has 1 amide bonds. The number of fused-ring (bicyclic) bond motifs is 1. The van der Waals surface area contributed by atoms with Gasteiger partial charge in [0.05, 0.1) is 16.8 Å². The van der Waals surface area contributed by atoms with Gasteiger partial charge >= 0.3 is 0 Å². The van der Waals surface area contributed by atoms with Crippen LogP contribution in [0.5, 0.6) is 0 Å². The molecule has 0 aliphatic heterocycles. The molecule has 0 spiro atoms. The van der Waals surface area contributed by atoms with Gasteiger partial charge in [-0.15, -0.1) is 0 Å². The van der Waals surface area contributed by atoms with E-state index in [0.717, 1.165) is 18.7 Å². The van der Waals surface area contributed by atoms with Crippen LogP contribution in [0.4, 0.5) is 24.5 Å². The highest BCUT2D eigenvalue weighted by Crippen LogP contribution is 2.31. The van der Waals surface area contributed by atoms with Crippen molar-refractivity contribution in [2.45, 2.75) is 27.2 Å². The molecule has 6 nitrogen and oxygen atoms in total. The molecule has 0 saturated heterocycles. The third kappa shape index (κ3) is 5.59. The first-order valence-corrected chi connectivity index (χ1v) is 10.8. The lowest BCUT2D eigenvalue weighted by molar-refractivity contribution is -0.123. The Morgan fingerprint density at radius 1 is 1.03 bits per heavy atom. The first kappa shape index (κ1) is 25.3. The van der Waals surface area contributed by atoms with Crippen molar-refractivity contribution in [3.8, 4) is 11.3 Å². The van der Waals surface area contributed by atoms with Gasteiger partial charge in [0, 0.05) is 29.7 Å². The number of carbonyl (C=O) groups is 1. The zero-order chi connectivity index (χ0) is 25.2. The lowest BCUT2D eigenvalue weighted by atomic mass is 9.95. The highest BCUT2D eigenvalue weighted by molar-refractivity contribution is 5.95. The summed E-state index contributed by atoms with van der Waals surface area (Å²) in [5.74, 6) is -3.15. The average Bonchev–Trinajstić information content (AvgIpc) is 2.73. The Kier molecular flexibility index (Phi) is 7.35. The summed E-state index contributed by atoms with van der Waals surface area (Å²) in [6.45, 7) is 6.19. The number of amides is 1. The Labute approximate surface area is 195 Å². The third-order valence-electron chi connectivity index (χ3n) is 5.17. The van der Waals surface area contributed by atoms with Crippen molar-refractivity contribution in [2.24, 2.45) is 5.41 Å². The number of nitrogens with one attached hydrogen (secondary N) is 2. The highest BCUT2D eigenvalue weighted by Gasteiger charge is 2.23. The first-order chi connectivity index (χ1) is 15.9. The number of benzene rings is 2. The van der Waals surface area contributed by atoms with Gasteiger partial charge in [-0.3, -0.25) is 9.59 Å². The molecule has 0 saturated carbocycles. The Morgan fingerprint density at radius 3 is 2.35 bits per heavy atom. The molecule has 0 atom stereocenters. The minimum absolute atomic E-state index is 0.0377. The fourth-order valence-corrected chi connectivity index (χ4v) is 3.27. The Hall–Kier alpha value is -3.33. The molecule has 2 N–H and O–H groups in total. The van der Waals surface area contributed by atoms with Gasteiger partial charge in [0.2, 0.25) is 5.91 Å². The van der Waals surface area contributed by atoms with Crippen molar-refractivity contribution in [1.82, 2.24) is 4.90 Å². The normalized spacial score (nSPS) is 11.8. The SMILES string of the molecule is CN(C)CCCNc1c(F)cc(F)c2oc(-c3ccc(NC(=O)C(C)(C)C)c(F)c3)cc(=O)c12. The van der Waals surface area contributed by atoms with Crippen molar-refractivity contribution in [3.05, 3.63) is 58.0 Å². The number of rotatable bonds is 7. The standard InChI is InChI=1S/C25H28F3N3O3/c1-25(2,3)24(33)30-18-8-7-14(11-15(18)26)20-13-19(32)21-22(29-9-6-10-31(4)5)16(27)12-17(28)23(21)34-20/h7-8,11-13,29H,6,9-10H2,1-5H3,(H,30,33). The molecule has 0 fully saturated rings. The van der Waals surface area contributed by atoms with Gasteiger partial charge in [0.15, 0.2) is 16.8 Å². The van der Waals surface area contributed by atoms with E-state index in [-0.39, 0.29) is 34.0 Å². The molecule has 3 aromatic rings. The zero-order valence-electron chi connectivity index (χ0n) is 19.8. The molecule has 34 heavy (non-hydrogen) atoms. The Morgan fingerprint density at radius 2 is 1.74 bits per heavy atom. The number of anilines is 2. The van der Waals surface area contributed by atoms with Crippen molar-refractivity contribution in [2.75, 3.05) is 37.8 Å². The molecule has 3 rings (SSSR count). The predicted molar refractivity (Wildman–Crippen MR) is 128 cm³/mol. The maximum atomic E-state index is 14.7. The zero-order valence-corrected chi connectivity index (χ0v) is 19.8. The van der Waals surface area contributed by atoms with Gasteiger partial charge < -0.3 is 20.0 Å². The number of nitrogens with zero attached hydrogens (tertiary/aromatic N) is 1. The van der Waals surface area contributed by atoms with Gasteiger partial charge in [0.25, 0.3) is 0 Å². The second-order valence-electron chi connectivity index (χ2n) is 9.38. The highest BCUT2D eigenvalue weighted by atomic mass is 19.1.